The van der Waals surface area contributed by atoms with E-state index in [0.717, 1.165) is 17.3 Å². The fourth-order valence-corrected chi connectivity index (χ4v) is 1.73. The number of nitrogens with zero attached hydrogens (tertiary/aromatic N) is 1. The van der Waals surface area contributed by atoms with Gasteiger partial charge in [0.25, 0.3) is 5.56 Å². The topological polar surface area (TPSA) is 85.3 Å². The van der Waals surface area contributed by atoms with E-state index in [9.17, 15) is 18.0 Å². The van der Waals surface area contributed by atoms with Gasteiger partial charge in [-0.05, 0) is 36.0 Å². The van der Waals surface area contributed by atoms with Gasteiger partial charge in [-0.25, -0.2) is 4.79 Å². The zero-order chi connectivity index (χ0) is 16.9. The number of halogens is 3. The molecule has 0 fully saturated rings. The first-order chi connectivity index (χ1) is 10.2. The Balaban J connectivity index is 0.000000295. The highest BCUT2D eigenvalue weighted by Crippen LogP contribution is 2.14. The lowest BCUT2D eigenvalue weighted by molar-refractivity contribution is -0.192. The zero-order valence-electron chi connectivity index (χ0n) is 11.7. The maximum Gasteiger partial charge on any atom is 0.490 e. The van der Waals surface area contributed by atoms with Crippen LogP contribution in [-0.2, 0) is 18.3 Å². The summed E-state index contributed by atoms with van der Waals surface area (Å²) in [5.41, 5.74) is 7.66. The molecule has 22 heavy (non-hydrogen) atoms. The number of alkyl halides is 3. The summed E-state index contributed by atoms with van der Waals surface area (Å²) >= 11 is 0. The molecule has 0 bridgehead atoms. The molecule has 2 rings (SSSR count). The van der Waals surface area contributed by atoms with E-state index in [1.165, 1.54) is 5.56 Å². The first-order valence-electron chi connectivity index (χ1n) is 6.25. The highest BCUT2D eigenvalue weighted by atomic mass is 19.4. The predicted molar refractivity (Wildman–Crippen MR) is 75.6 cm³/mol. The Morgan fingerprint density at radius 2 is 1.82 bits per heavy atom. The molecule has 0 radical (unpaired) electrons. The van der Waals surface area contributed by atoms with Crippen molar-refractivity contribution in [3.8, 4) is 0 Å². The number of fused-ring (bicyclic) bond motifs is 1. The van der Waals surface area contributed by atoms with Crippen LogP contribution in [0.2, 0.25) is 0 Å². The minimum atomic E-state index is -5.08. The fraction of sp³-hybridized carbons (Fsp3) is 0.286. The van der Waals surface area contributed by atoms with Gasteiger partial charge in [-0.1, -0.05) is 12.1 Å². The van der Waals surface area contributed by atoms with Crippen LogP contribution >= 0.6 is 0 Å². The van der Waals surface area contributed by atoms with E-state index in [1.807, 2.05) is 18.2 Å². The van der Waals surface area contributed by atoms with Crippen molar-refractivity contribution in [3.63, 3.8) is 0 Å². The molecule has 1 aromatic carbocycles. The molecule has 0 spiro atoms. The molecule has 1 heterocycles. The van der Waals surface area contributed by atoms with E-state index >= 15 is 0 Å². The van der Waals surface area contributed by atoms with Crippen LogP contribution in [-0.4, -0.2) is 28.4 Å². The van der Waals surface area contributed by atoms with E-state index in [-0.39, 0.29) is 5.56 Å². The van der Waals surface area contributed by atoms with Crippen LogP contribution in [0.4, 0.5) is 13.2 Å². The van der Waals surface area contributed by atoms with Crippen LogP contribution in [0.3, 0.4) is 0 Å². The van der Waals surface area contributed by atoms with Crippen LogP contribution in [0.5, 0.6) is 0 Å². The average Bonchev–Trinajstić information content (AvgIpc) is 2.43. The van der Waals surface area contributed by atoms with Gasteiger partial charge in [0.1, 0.15) is 0 Å². The number of rotatable bonds is 2. The molecule has 0 saturated heterocycles. The first-order valence-corrected chi connectivity index (χ1v) is 6.25. The van der Waals surface area contributed by atoms with E-state index in [1.54, 1.807) is 17.7 Å². The summed E-state index contributed by atoms with van der Waals surface area (Å²) < 4.78 is 33.4. The first kappa shape index (κ1) is 17.7. The van der Waals surface area contributed by atoms with Crippen molar-refractivity contribution in [2.24, 2.45) is 12.8 Å². The second kappa shape index (κ2) is 7.08. The summed E-state index contributed by atoms with van der Waals surface area (Å²) in [4.78, 5) is 20.3. The Labute approximate surface area is 123 Å². The Bertz CT molecular complexity index is 723. The number of benzene rings is 1. The smallest absolute Gasteiger partial charge is 0.475 e. The Morgan fingerprint density at radius 3 is 2.32 bits per heavy atom. The molecule has 0 aliphatic rings. The lowest BCUT2D eigenvalue weighted by atomic mass is 10.1. The highest BCUT2D eigenvalue weighted by Gasteiger charge is 2.38. The van der Waals surface area contributed by atoms with Gasteiger partial charge < -0.3 is 15.4 Å². The number of hydrogen-bond acceptors (Lipinski definition) is 3. The van der Waals surface area contributed by atoms with Gasteiger partial charge in [0.2, 0.25) is 0 Å². The van der Waals surface area contributed by atoms with Crippen LogP contribution < -0.4 is 11.3 Å². The van der Waals surface area contributed by atoms with Gasteiger partial charge in [0.15, 0.2) is 0 Å². The Hall–Kier alpha value is -2.35. The fourth-order valence-electron chi connectivity index (χ4n) is 1.73. The molecule has 0 amide bonds. The van der Waals surface area contributed by atoms with Crippen LogP contribution in [0.15, 0.2) is 35.1 Å². The molecule has 0 aliphatic heterocycles. The van der Waals surface area contributed by atoms with Gasteiger partial charge in [-0.2, -0.15) is 13.2 Å². The van der Waals surface area contributed by atoms with Crippen LogP contribution in [0.1, 0.15) is 5.56 Å². The number of carbonyl (C=O) groups is 1. The number of carboxylic acids is 1. The quantitative estimate of drug-likeness (QED) is 0.882. The predicted octanol–water partition coefficient (Wildman–Crippen LogP) is 1.67. The Morgan fingerprint density at radius 1 is 1.27 bits per heavy atom. The van der Waals surface area contributed by atoms with E-state index in [0.29, 0.717) is 6.54 Å². The SMILES string of the molecule is Cn1c(=O)ccc2ccc(CCN)cc21.O=C(O)C(F)(F)F. The Kier molecular flexibility index (Phi) is 5.69. The molecule has 5 nitrogen and oxygen atoms in total. The van der Waals surface area contributed by atoms with E-state index in [4.69, 9.17) is 15.6 Å². The summed E-state index contributed by atoms with van der Waals surface area (Å²) in [5, 5.41) is 8.21. The normalized spacial score (nSPS) is 11.0. The van der Waals surface area contributed by atoms with E-state index < -0.39 is 12.1 Å². The van der Waals surface area contributed by atoms with Crippen molar-refractivity contribution in [3.05, 3.63) is 46.2 Å². The van der Waals surface area contributed by atoms with Crippen molar-refractivity contribution < 1.29 is 23.1 Å². The van der Waals surface area contributed by atoms with Gasteiger partial charge in [0, 0.05) is 13.1 Å². The molecular formula is C14H15F3N2O3. The zero-order valence-corrected chi connectivity index (χ0v) is 11.7. The number of pyridine rings is 1. The molecule has 3 N–H and O–H groups in total. The second-order valence-electron chi connectivity index (χ2n) is 4.47. The summed E-state index contributed by atoms with van der Waals surface area (Å²) in [7, 11) is 1.79. The summed E-state index contributed by atoms with van der Waals surface area (Å²) in [6.07, 6.45) is -4.24. The maximum absolute atomic E-state index is 11.4. The lowest BCUT2D eigenvalue weighted by Crippen LogP contribution is -2.21. The molecule has 0 unspecified atom stereocenters. The third-order valence-electron chi connectivity index (χ3n) is 2.87. The minimum Gasteiger partial charge on any atom is -0.475 e. The number of hydrogen-bond donors (Lipinski definition) is 2. The van der Waals surface area contributed by atoms with Gasteiger partial charge in [0.05, 0.1) is 5.52 Å². The lowest BCUT2D eigenvalue weighted by Gasteiger charge is -2.06. The number of aryl methyl sites for hydroxylation is 1. The van der Waals surface area contributed by atoms with Crippen molar-refractivity contribution >= 4 is 16.9 Å². The number of aliphatic carboxylic acids is 1. The monoisotopic (exact) mass is 316 g/mol. The molecule has 8 heteroatoms. The highest BCUT2D eigenvalue weighted by molar-refractivity contribution is 5.79. The van der Waals surface area contributed by atoms with Crippen molar-refractivity contribution in [2.75, 3.05) is 6.54 Å². The number of carboxylic acid groups (broad SMARTS) is 1. The van der Waals surface area contributed by atoms with Crippen LogP contribution in [0.25, 0.3) is 10.9 Å². The molecule has 2 aromatic rings. The molecule has 0 aliphatic carbocycles. The summed E-state index contributed by atoms with van der Waals surface area (Å²) in [6, 6.07) is 9.55. The third-order valence-corrected chi connectivity index (χ3v) is 2.87. The second-order valence-corrected chi connectivity index (χ2v) is 4.47. The molecule has 0 atom stereocenters. The molecule has 0 saturated carbocycles. The number of aromatic nitrogens is 1. The third kappa shape index (κ3) is 4.59. The van der Waals surface area contributed by atoms with Gasteiger partial charge >= 0.3 is 12.1 Å². The van der Waals surface area contributed by atoms with Gasteiger partial charge in [-0.15, -0.1) is 0 Å². The van der Waals surface area contributed by atoms with E-state index in [2.05, 4.69) is 6.07 Å². The average molecular weight is 316 g/mol. The minimum absolute atomic E-state index is 0.0207. The van der Waals surface area contributed by atoms with Crippen LogP contribution in [0, 0.1) is 0 Å². The number of nitrogens with two attached hydrogens (primary N) is 1. The standard InChI is InChI=1S/C12H14N2O.C2HF3O2/c1-14-11-8-9(6-7-13)2-3-10(11)4-5-12(14)15;3-2(4,5)1(6)7/h2-5,8H,6-7,13H2,1H3;(H,6,7). The maximum atomic E-state index is 11.4. The largest absolute Gasteiger partial charge is 0.490 e. The summed E-state index contributed by atoms with van der Waals surface area (Å²) in [6.45, 7) is 0.631. The molecule has 120 valence electrons. The summed E-state index contributed by atoms with van der Waals surface area (Å²) in [5.74, 6) is -2.76. The van der Waals surface area contributed by atoms with Crippen molar-refractivity contribution in [2.45, 2.75) is 12.6 Å². The van der Waals surface area contributed by atoms with Crippen molar-refractivity contribution in [1.82, 2.24) is 4.57 Å². The van der Waals surface area contributed by atoms with Crippen molar-refractivity contribution in [1.29, 1.82) is 0 Å². The molecular weight excluding hydrogens is 301 g/mol. The van der Waals surface area contributed by atoms with Gasteiger partial charge in [-0.3, -0.25) is 4.79 Å². The molecule has 1 aromatic heterocycles.